The number of hydrogen-bond acceptors (Lipinski definition) is 4. The number of nitrogens with zero attached hydrogens (tertiary/aromatic N) is 3. The van der Waals surface area contributed by atoms with E-state index in [0.29, 0.717) is 12.5 Å². The maximum absolute atomic E-state index is 11.9. The van der Waals surface area contributed by atoms with Crippen LogP contribution < -0.4 is 10.6 Å². The SMILES string of the molecule is CC(NC(=O)CCNC1CC1)c1nnc2ccccn12. The van der Waals surface area contributed by atoms with Crippen LogP contribution in [0.2, 0.25) is 0 Å². The Morgan fingerprint density at radius 1 is 1.45 bits per heavy atom. The summed E-state index contributed by atoms with van der Waals surface area (Å²) < 4.78 is 1.90. The fraction of sp³-hybridized carbons (Fsp3) is 0.500. The topological polar surface area (TPSA) is 71.3 Å². The van der Waals surface area contributed by atoms with Crippen molar-refractivity contribution in [3.05, 3.63) is 30.2 Å². The third kappa shape index (κ3) is 2.96. The molecule has 1 saturated carbocycles. The lowest BCUT2D eigenvalue weighted by Gasteiger charge is -2.12. The smallest absolute Gasteiger partial charge is 0.221 e. The van der Waals surface area contributed by atoms with Crippen LogP contribution in [0, 0.1) is 0 Å². The summed E-state index contributed by atoms with van der Waals surface area (Å²) in [5.74, 6) is 0.794. The highest BCUT2D eigenvalue weighted by Crippen LogP contribution is 2.18. The molecular formula is C14H19N5O. The zero-order valence-corrected chi connectivity index (χ0v) is 11.5. The van der Waals surface area contributed by atoms with Crippen molar-refractivity contribution in [3.8, 4) is 0 Å². The largest absolute Gasteiger partial charge is 0.346 e. The minimum atomic E-state index is -0.152. The molecule has 1 amide bonds. The Bertz CT molecular complexity index is 604. The highest BCUT2D eigenvalue weighted by atomic mass is 16.1. The Labute approximate surface area is 117 Å². The van der Waals surface area contributed by atoms with E-state index < -0.39 is 0 Å². The lowest BCUT2D eigenvalue weighted by atomic mass is 10.3. The highest BCUT2D eigenvalue weighted by molar-refractivity contribution is 5.76. The fourth-order valence-corrected chi connectivity index (χ4v) is 2.21. The zero-order valence-electron chi connectivity index (χ0n) is 11.5. The number of amides is 1. The van der Waals surface area contributed by atoms with Gasteiger partial charge in [0.25, 0.3) is 0 Å². The Morgan fingerprint density at radius 2 is 2.30 bits per heavy atom. The molecule has 1 unspecified atom stereocenters. The Morgan fingerprint density at radius 3 is 3.10 bits per heavy atom. The average molecular weight is 273 g/mol. The summed E-state index contributed by atoms with van der Waals surface area (Å²) in [5, 5.41) is 14.5. The first-order valence-corrected chi connectivity index (χ1v) is 7.06. The summed E-state index contributed by atoms with van der Waals surface area (Å²) in [4.78, 5) is 11.9. The molecule has 1 atom stereocenters. The maximum atomic E-state index is 11.9. The minimum Gasteiger partial charge on any atom is -0.346 e. The van der Waals surface area contributed by atoms with Crippen molar-refractivity contribution >= 4 is 11.6 Å². The molecule has 0 aromatic carbocycles. The van der Waals surface area contributed by atoms with Crippen LogP contribution in [-0.4, -0.2) is 33.1 Å². The van der Waals surface area contributed by atoms with Crippen molar-refractivity contribution in [2.75, 3.05) is 6.54 Å². The second kappa shape index (κ2) is 5.58. The van der Waals surface area contributed by atoms with Crippen LogP contribution in [0.3, 0.4) is 0 Å². The molecule has 2 N–H and O–H groups in total. The molecule has 0 bridgehead atoms. The van der Waals surface area contributed by atoms with Gasteiger partial charge >= 0.3 is 0 Å². The Hall–Kier alpha value is -1.95. The molecule has 0 aliphatic heterocycles. The van der Waals surface area contributed by atoms with E-state index in [-0.39, 0.29) is 11.9 Å². The standard InChI is InChI=1S/C14H19N5O/c1-10(16-13(20)7-8-15-11-5-6-11)14-18-17-12-4-2-3-9-19(12)14/h2-4,9-11,15H,5-8H2,1H3,(H,16,20). The molecule has 0 radical (unpaired) electrons. The predicted molar refractivity (Wildman–Crippen MR) is 75.2 cm³/mol. The normalized spacial score (nSPS) is 16.2. The van der Waals surface area contributed by atoms with Gasteiger partial charge < -0.3 is 10.6 Å². The summed E-state index contributed by atoms with van der Waals surface area (Å²) in [6.45, 7) is 2.67. The molecule has 2 heterocycles. The number of aromatic nitrogens is 3. The fourth-order valence-electron chi connectivity index (χ4n) is 2.21. The third-order valence-corrected chi connectivity index (χ3v) is 3.47. The molecule has 6 nitrogen and oxygen atoms in total. The maximum Gasteiger partial charge on any atom is 0.221 e. The first-order valence-electron chi connectivity index (χ1n) is 7.06. The van der Waals surface area contributed by atoms with Crippen molar-refractivity contribution in [3.63, 3.8) is 0 Å². The Kier molecular flexibility index (Phi) is 3.64. The molecule has 6 heteroatoms. The molecule has 2 aromatic rings. The molecule has 106 valence electrons. The average Bonchev–Trinajstić information content (AvgIpc) is 3.16. The van der Waals surface area contributed by atoms with E-state index in [4.69, 9.17) is 0 Å². The molecule has 3 rings (SSSR count). The first kappa shape index (κ1) is 13.1. The van der Waals surface area contributed by atoms with Crippen molar-refractivity contribution in [1.29, 1.82) is 0 Å². The van der Waals surface area contributed by atoms with Crippen LogP contribution in [0.4, 0.5) is 0 Å². The third-order valence-electron chi connectivity index (χ3n) is 3.47. The van der Waals surface area contributed by atoms with E-state index in [1.165, 1.54) is 12.8 Å². The second-order valence-electron chi connectivity index (χ2n) is 5.25. The van der Waals surface area contributed by atoms with E-state index in [1.54, 1.807) is 0 Å². The van der Waals surface area contributed by atoms with E-state index >= 15 is 0 Å². The molecular weight excluding hydrogens is 254 g/mol. The van der Waals surface area contributed by atoms with Gasteiger partial charge in [-0.2, -0.15) is 0 Å². The van der Waals surface area contributed by atoms with Crippen LogP contribution in [0.1, 0.15) is 38.1 Å². The lowest BCUT2D eigenvalue weighted by molar-refractivity contribution is -0.121. The summed E-state index contributed by atoms with van der Waals surface area (Å²) in [5.41, 5.74) is 0.791. The van der Waals surface area contributed by atoms with E-state index in [9.17, 15) is 4.79 Å². The zero-order chi connectivity index (χ0) is 13.9. The molecule has 1 fully saturated rings. The first-order chi connectivity index (χ1) is 9.74. The molecule has 20 heavy (non-hydrogen) atoms. The molecule has 1 aliphatic rings. The minimum absolute atomic E-state index is 0.0401. The Balaban J connectivity index is 1.57. The lowest BCUT2D eigenvalue weighted by Crippen LogP contribution is -2.31. The van der Waals surface area contributed by atoms with Gasteiger partial charge in [0.1, 0.15) is 0 Å². The van der Waals surface area contributed by atoms with Gasteiger partial charge in [-0.25, -0.2) is 0 Å². The van der Waals surface area contributed by atoms with Gasteiger partial charge in [0, 0.05) is 25.2 Å². The van der Waals surface area contributed by atoms with E-state index in [2.05, 4.69) is 20.8 Å². The predicted octanol–water partition coefficient (Wildman–Crippen LogP) is 1.05. The van der Waals surface area contributed by atoms with Gasteiger partial charge in [0.2, 0.25) is 5.91 Å². The van der Waals surface area contributed by atoms with E-state index in [1.807, 2.05) is 35.7 Å². The van der Waals surface area contributed by atoms with Gasteiger partial charge in [0.05, 0.1) is 6.04 Å². The molecule has 0 saturated heterocycles. The van der Waals surface area contributed by atoms with Crippen LogP contribution in [0.15, 0.2) is 24.4 Å². The summed E-state index contributed by atoms with van der Waals surface area (Å²) >= 11 is 0. The van der Waals surface area contributed by atoms with Crippen LogP contribution in [-0.2, 0) is 4.79 Å². The second-order valence-corrected chi connectivity index (χ2v) is 5.25. The van der Waals surface area contributed by atoms with Gasteiger partial charge in [-0.3, -0.25) is 9.20 Å². The number of rotatable bonds is 6. The van der Waals surface area contributed by atoms with Crippen LogP contribution >= 0.6 is 0 Å². The molecule has 0 spiro atoms. The van der Waals surface area contributed by atoms with Crippen molar-refractivity contribution in [2.24, 2.45) is 0 Å². The van der Waals surface area contributed by atoms with Crippen molar-refractivity contribution < 1.29 is 4.79 Å². The number of carbonyl (C=O) groups excluding carboxylic acids is 1. The van der Waals surface area contributed by atoms with Crippen molar-refractivity contribution in [2.45, 2.75) is 38.3 Å². The van der Waals surface area contributed by atoms with E-state index in [0.717, 1.165) is 18.0 Å². The summed E-state index contributed by atoms with van der Waals surface area (Å²) in [7, 11) is 0. The number of fused-ring (bicyclic) bond motifs is 1. The number of hydrogen-bond donors (Lipinski definition) is 2. The highest BCUT2D eigenvalue weighted by Gasteiger charge is 2.20. The van der Waals surface area contributed by atoms with Crippen LogP contribution in [0.25, 0.3) is 5.65 Å². The quantitative estimate of drug-likeness (QED) is 0.825. The monoisotopic (exact) mass is 273 g/mol. The van der Waals surface area contributed by atoms with Gasteiger partial charge in [-0.15, -0.1) is 10.2 Å². The summed E-state index contributed by atoms with van der Waals surface area (Å²) in [6.07, 6.45) is 4.88. The summed E-state index contributed by atoms with van der Waals surface area (Å²) in [6, 6.07) is 6.22. The van der Waals surface area contributed by atoms with Gasteiger partial charge in [-0.05, 0) is 31.9 Å². The van der Waals surface area contributed by atoms with Gasteiger partial charge in [-0.1, -0.05) is 6.07 Å². The van der Waals surface area contributed by atoms with Gasteiger partial charge in [0.15, 0.2) is 11.5 Å². The van der Waals surface area contributed by atoms with Crippen LogP contribution in [0.5, 0.6) is 0 Å². The molecule has 1 aliphatic carbocycles. The number of nitrogens with one attached hydrogen (secondary N) is 2. The van der Waals surface area contributed by atoms with Crippen molar-refractivity contribution in [1.82, 2.24) is 25.2 Å². The number of pyridine rings is 1. The molecule has 2 aromatic heterocycles. The number of carbonyl (C=O) groups is 1.